The molecule has 3 aliphatic rings. The summed E-state index contributed by atoms with van der Waals surface area (Å²) in [5, 5.41) is 3.64. The fraction of sp³-hybridized carbons (Fsp3) is 0.773. The van der Waals surface area contributed by atoms with Crippen LogP contribution < -0.4 is 5.32 Å². The Hall–Kier alpha value is -1.49. The van der Waals surface area contributed by atoms with Gasteiger partial charge in [0.2, 0.25) is 0 Å². The van der Waals surface area contributed by atoms with Gasteiger partial charge in [0, 0.05) is 45.1 Å². The lowest BCUT2D eigenvalue weighted by Crippen LogP contribution is -2.52. The molecule has 0 aromatic carbocycles. The van der Waals surface area contributed by atoms with Gasteiger partial charge in [0.25, 0.3) is 0 Å². The average Bonchev–Trinajstić information content (AvgIpc) is 3.24. The minimum Gasteiger partial charge on any atom is -0.469 e. The molecule has 0 spiro atoms. The van der Waals surface area contributed by atoms with Crippen molar-refractivity contribution in [1.29, 1.82) is 0 Å². The molecule has 1 aliphatic carbocycles. The van der Waals surface area contributed by atoms with Crippen LogP contribution in [0.15, 0.2) is 27.8 Å². The van der Waals surface area contributed by atoms with Gasteiger partial charge >= 0.3 is 0 Å². The Kier molecular flexibility index (Phi) is 6.72. The zero-order valence-electron chi connectivity index (χ0n) is 16.6. The summed E-state index contributed by atoms with van der Waals surface area (Å²) < 4.78 is 11.5. The number of furan rings is 1. The van der Waals surface area contributed by atoms with Crippen LogP contribution in [0.2, 0.25) is 0 Å². The Balaban J connectivity index is 1.36. The second kappa shape index (κ2) is 9.63. The molecular formula is C22H35N3O2. The number of nitrogens with zero attached hydrogens (tertiary/aromatic N) is 2. The fourth-order valence-corrected chi connectivity index (χ4v) is 4.89. The standard InChI is InChI=1S/C22H35N3O2/c1-2-6-18(7-3-1)16-24-22(23-12-10-20-9-5-14-26-20)25-13-11-21-19(17-25)8-4-15-27-21/h5,9,14,18-19,21H,1-4,6-8,10-13,15-17H2,(H,23,24). The maximum atomic E-state index is 6.00. The van der Waals surface area contributed by atoms with Gasteiger partial charge in [-0.15, -0.1) is 0 Å². The highest BCUT2D eigenvalue weighted by Gasteiger charge is 2.33. The number of ether oxygens (including phenoxy) is 1. The molecule has 3 fully saturated rings. The van der Waals surface area contributed by atoms with Gasteiger partial charge in [-0.1, -0.05) is 19.3 Å². The minimum absolute atomic E-state index is 0.470. The summed E-state index contributed by atoms with van der Waals surface area (Å²) in [7, 11) is 0. The van der Waals surface area contributed by atoms with Crippen LogP contribution in [0.4, 0.5) is 0 Å². The molecule has 150 valence electrons. The first-order valence-electron chi connectivity index (χ1n) is 11.1. The number of likely N-dealkylation sites (tertiary alicyclic amines) is 1. The Morgan fingerprint density at radius 3 is 2.93 bits per heavy atom. The molecule has 2 atom stereocenters. The molecule has 5 heteroatoms. The first-order chi connectivity index (χ1) is 13.4. The largest absolute Gasteiger partial charge is 0.469 e. The molecule has 4 rings (SSSR count). The van der Waals surface area contributed by atoms with Gasteiger partial charge in [-0.3, -0.25) is 4.99 Å². The van der Waals surface area contributed by atoms with Crippen LogP contribution in [0, 0.1) is 11.8 Å². The minimum atomic E-state index is 0.470. The van der Waals surface area contributed by atoms with Gasteiger partial charge in [-0.05, 0) is 50.2 Å². The molecule has 1 aromatic heterocycles. The number of nitrogens with one attached hydrogen (secondary N) is 1. The third kappa shape index (κ3) is 5.28. The maximum absolute atomic E-state index is 6.00. The number of guanidine groups is 1. The lowest BCUT2D eigenvalue weighted by atomic mass is 9.88. The van der Waals surface area contributed by atoms with E-state index in [-0.39, 0.29) is 0 Å². The molecule has 3 heterocycles. The molecular weight excluding hydrogens is 338 g/mol. The molecule has 0 bridgehead atoms. The smallest absolute Gasteiger partial charge is 0.193 e. The van der Waals surface area contributed by atoms with Gasteiger partial charge in [-0.2, -0.15) is 0 Å². The first-order valence-corrected chi connectivity index (χ1v) is 11.1. The Labute approximate surface area is 163 Å². The van der Waals surface area contributed by atoms with E-state index in [4.69, 9.17) is 14.1 Å². The van der Waals surface area contributed by atoms with Crippen molar-refractivity contribution in [2.24, 2.45) is 16.8 Å². The van der Waals surface area contributed by atoms with Crippen LogP contribution in [-0.2, 0) is 11.2 Å². The maximum Gasteiger partial charge on any atom is 0.193 e. The summed E-state index contributed by atoms with van der Waals surface area (Å²) in [6.45, 7) is 4.94. The molecule has 1 saturated carbocycles. The van der Waals surface area contributed by atoms with Crippen molar-refractivity contribution in [1.82, 2.24) is 10.2 Å². The van der Waals surface area contributed by atoms with Crippen LogP contribution in [0.5, 0.6) is 0 Å². The van der Waals surface area contributed by atoms with E-state index in [9.17, 15) is 0 Å². The highest BCUT2D eigenvalue weighted by atomic mass is 16.5. The molecule has 0 amide bonds. The van der Waals surface area contributed by atoms with E-state index in [1.54, 1.807) is 6.26 Å². The number of aliphatic imine (C=N–C) groups is 1. The summed E-state index contributed by atoms with van der Waals surface area (Å²) in [4.78, 5) is 7.57. The van der Waals surface area contributed by atoms with Gasteiger partial charge in [0.1, 0.15) is 5.76 Å². The van der Waals surface area contributed by atoms with Crippen molar-refractivity contribution in [2.45, 2.75) is 63.9 Å². The summed E-state index contributed by atoms with van der Waals surface area (Å²) >= 11 is 0. The highest BCUT2D eigenvalue weighted by Crippen LogP contribution is 2.28. The predicted molar refractivity (Wildman–Crippen MR) is 108 cm³/mol. The molecule has 0 radical (unpaired) electrons. The van der Waals surface area contributed by atoms with Crippen LogP contribution in [-0.4, -0.2) is 49.7 Å². The summed E-state index contributed by atoms with van der Waals surface area (Å²) in [5.74, 6) is 3.58. The van der Waals surface area contributed by atoms with Crippen LogP contribution in [0.1, 0.15) is 57.1 Å². The van der Waals surface area contributed by atoms with Crippen molar-refractivity contribution in [3.8, 4) is 0 Å². The van der Waals surface area contributed by atoms with E-state index < -0.39 is 0 Å². The molecule has 27 heavy (non-hydrogen) atoms. The SMILES string of the molecule is c1coc(CCNC(=NCC2CCCCC2)N2CCC3OCCCC3C2)c1. The van der Waals surface area contributed by atoms with Crippen molar-refractivity contribution < 1.29 is 9.15 Å². The highest BCUT2D eigenvalue weighted by molar-refractivity contribution is 5.80. The van der Waals surface area contributed by atoms with Crippen LogP contribution in [0.25, 0.3) is 0 Å². The summed E-state index contributed by atoms with van der Waals surface area (Å²) in [5.41, 5.74) is 0. The van der Waals surface area contributed by atoms with Crippen molar-refractivity contribution in [3.05, 3.63) is 24.2 Å². The van der Waals surface area contributed by atoms with Gasteiger partial charge in [0.15, 0.2) is 5.96 Å². The van der Waals surface area contributed by atoms with Crippen molar-refractivity contribution >= 4 is 5.96 Å². The Morgan fingerprint density at radius 1 is 1.15 bits per heavy atom. The Morgan fingerprint density at radius 2 is 2.07 bits per heavy atom. The normalized spacial score (nSPS) is 27.4. The number of hydrogen-bond donors (Lipinski definition) is 1. The second-order valence-electron chi connectivity index (χ2n) is 8.47. The quantitative estimate of drug-likeness (QED) is 0.629. The molecule has 2 saturated heterocycles. The van der Waals surface area contributed by atoms with Gasteiger partial charge in [0.05, 0.1) is 12.4 Å². The topological polar surface area (TPSA) is 50.0 Å². The zero-order valence-corrected chi connectivity index (χ0v) is 16.6. The van der Waals surface area contributed by atoms with Gasteiger partial charge in [-0.25, -0.2) is 0 Å². The number of piperidine rings is 1. The van der Waals surface area contributed by atoms with E-state index in [1.807, 2.05) is 12.1 Å². The average molecular weight is 374 g/mol. The summed E-state index contributed by atoms with van der Waals surface area (Å²) in [6, 6.07) is 4.01. The predicted octanol–water partition coefficient (Wildman–Crippen LogP) is 3.85. The van der Waals surface area contributed by atoms with Crippen molar-refractivity contribution in [2.75, 3.05) is 32.8 Å². The van der Waals surface area contributed by atoms with E-state index in [0.717, 1.165) is 63.3 Å². The zero-order chi connectivity index (χ0) is 18.3. The first kappa shape index (κ1) is 18.9. The number of rotatable bonds is 5. The molecule has 2 unspecified atom stereocenters. The Bertz CT molecular complexity index is 580. The third-order valence-electron chi connectivity index (χ3n) is 6.47. The number of fused-ring (bicyclic) bond motifs is 1. The molecule has 5 nitrogen and oxygen atoms in total. The van der Waals surface area contributed by atoms with Crippen LogP contribution >= 0.6 is 0 Å². The number of hydrogen-bond acceptors (Lipinski definition) is 3. The van der Waals surface area contributed by atoms with Crippen molar-refractivity contribution in [3.63, 3.8) is 0 Å². The van der Waals surface area contributed by atoms with Crippen LogP contribution in [0.3, 0.4) is 0 Å². The monoisotopic (exact) mass is 373 g/mol. The summed E-state index contributed by atoms with van der Waals surface area (Å²) in [6.07, 6.45) is 13.6. The molecule has 2 aliphatic heterocycles. The second-order valence-corrected chi connectivity index (χ2v) is 8.47. The third-order valence-corrected chi connectivity index (χ3v) is 6.47. The van der Waals surface area contributed by atoms with E-state index >= 15 is 0 Å². The van der Waals surface area contributed by atoms with E-state index in [0.29, 0.717) is 12.0 Å². The lowest BCUT2D eigenvalue weighted by Gasteiger charge is -2.42. The molecule has 1 aromatic rings. The lowest BCUT2D eigenvalue weighted by molar-refractivity contribution is -0.0559. The van der Waals surface area contributed by atoms with E-state index in [2.05, 4.69) is 10.2 Å². The van der Waals surface area contributed by atoms with E-state index in [1.165, 1.54) is 44.9 Å². The fourth-order valence-electron chi connectivity index (χ4n) is 4.89. The van der Waals surface area contributed by atoms with Gasteiger partial charge < -0.3 is 19.4 Å². The molecule has 1 N–H and O–H groups in total.